The van der Waals surface area contributed by atoms with Crippen molar-refractivity contribution >= 4 is 11.3 Å². The Morgan fingerprint density at radius 3 is 2.83 bits per heavy atom. The lowest BCUT2D eigenvalue weighted by molar-refractivity contribution is 0.954. The molecule has 0 bridgehead atoms. The van der Waals surface area contributed by atoms with Crippen LogP contribution in [0.1, 0.15) is 11.1 Å². The van der Waals surface area contributed by atoms with Gasteiger partial charge in [-0.2, -0.15) is 5.10 Å². The first-order valence-electron chi connectivity index (χ1n) is 3.75. The highest BCUT2D eigenvalue weighted by molar-refractivity contribution is 5.59. The van der Waals surface area contributed by atoms with Crippen molar-refractivity contribution in [2.45, 2.75) is 13.8 Å². The number of hydrogen-bond donors (Lipinski definition) is 1. The smallest absolute Gasteiger partial charge is 0.158 e. The van der Waals surface area contributed by atoms with Crippen LogP contribution in [0.3, 0.4) is 0 Å². The molecular weight excluding hydrogens is 152 g/mol. The van der Waals surface area contributed by atoms with Crippen LogP contribution in [-0.2, 0) is 0 Å². The number of anilines is 1. The van der Waals surface area contributed by atoms with E-state index in [4.69, 9.17) is 5.73 Å². The lowest BCUT2D eigenvalue weighted by Crippen LogP contribution is -1.99. The first kappa shape index (κ1) is 7.09. The zero-order valence-corrected chi connectivity index (χ0v) is 7.07. The number of pyridine rings is 1. The fourth-order valence-electron chi connectivity index (χ4n) is 1.23. The number of fused-ring (bicyclic) bond motifs is 1. The molecule has 0 aliphatic rings. The number of hydrogen-bond acceptors (Lipinski definition) is 3. The monoisotopic (exact) mass is 162 g/mol. The Morgan fingerprint density at radius 2 is 2.08 bits per heavy atom. The Balaban J connectivity index is 2.94. The van der Waals surface area contributed by atoms with E-state index < -0.39 is 0 Å². The highest BCUT2D eigenvalue weighted by Gasteiger charge is 2.05. The predicted molar refractivity (Wildman–Crippen MR) is 46.9 cm³/mol. The highest BCUT2D eigenvalue weighted by Crippen LogP contribution is 2.17. The van der Waals surface area contributed by atoms with E-state index in [2.05, 4.69) is 10.1 Å². The van der Waals surface area contributed by atoms with Gasteiger partial charge in [0.1, 0.15) is 6.33 Å². The lowest BCUT2D eigenvalue weighted by Gasteiger charge is -2.04. The molecule has 4 nitrogen and oxygen atoms in total. The number of aromatic nitrogens is 3. The fourth-order valence-corrected chi connectivity index (χ4v) is 1.23. The van der Waals surface area contributed by atoms with Crippen molar-refractivity contribution in [2.24, 2.45) is 0 Å². The second-order valence-corrected chi connectivity index (χ2v) is 2.86. The summed E-state index contributed by atoms with van der Waals surface area (Å²) in [5.74, 6) is 0. The summed E-state index contributed by atoms with van der Waals surface area (Å²) in [5, 5.41) is 4.01. The molecule has 0 aliphatic carbocycles. The summed E-state index contributed by atoms with van der Waals surface area (Å²) in [6, 6.07) is 0. The Morgan fingerprint density at radius 1 is 1.33 bits per heavy atom. The third-order valence-corrected chi connectivity index (χ3v) is 2.17. The first-order valence-corrected chi connectivity index (χ1v) is 3.75. The van der Waals surface area contributed by atoms with E-state index in [0.29, 0.717) is 0 Å². The maximum Gasteiger partial charge on any atom is 0.158 e. The summed E-state index contributed by atoms with van der Waals surface area (Å²) >= 11 is 0. The van der Waals surface area contributed by atoms with Gasteiger partial charge in [0, 0.05) is 0 Å². The fraction of sp³-hybridized carbons (Fsp3) is 0.250. The SMILES string of the molecule is Cc1c(N)cn2ncnc2c1C. The average molecular weight is 162 g/mol. The van der Waals surface area contributed by atoms with E-state index in [1.807, 2.05) is 13.8 Å². The van der Waals surface area contributed by atoms with Crippen LogP contribution in [0.5, 0.6) is 0 Å². The molecule has 2 aromatic heterocycles. The van der Waals surface area contributed by atoms with Gasteiger partial charge >= 0.3 is 0 Å². The van der Waals surface area contributed by atoms with Gasteiger partial charge in [0.05, 0.1) is 11.9 Å². The average Bonchev–Trinajstić information content (AvgIpc) is 2.48. The standard InChI is InChI=1S/C8H10N4/c1-5-6(2)8-10-4-11-12(8)3-7(5)9/h3-4H,9H2,1-2H3. The summed E-state index contributed by atoms with van der Waals surface area (Å²) in [6.07, 6.45) is 3.31. The van der Waals surface area contributed by atoms with Gasteiger partial charge in [0.15, 0.2) is 5.65 Å². The summed E-state index contributed by atoms with van der Waals surface area (Å²) in [4.78, 5) is 4.12. The van der Waals surface area contributed by atoms with Crippen LogP contribution in [0, 0.1) is 13.8 Å². The highest BCUT2D eigenvalue weighted by atomic mass is 15.3. The molecule has 0 saturated heterocycles. The third-order valence-electron chi connectivity index (χ3n) is 2.17. The van der Waals surface area contributed by atoms with Crippen LogP contribution >= 0.6 is 0 Å². The van der Waals surface area contributed by atoms with Gasteiger partial charge in [-0.15, -0.1) is 0 Å². The molecule has 2 heterocycles. The van der Waals surface area contributed by atoms with Crippen LogP contribution in [0.4, 0.5) is 5.69 Å². The maximum absolute atomic E-state index is 5.76. The van der Waals surface area contributed by atoms with Crippen molar-refractivity contribution in [1.82, 2.24) is 14.6 Å². The normalized spacial score (nSPS) is 10.8. The van der Waals surface area contributed by atoms with Gasteiger partial charge in [-0.05, 0) is 25.0 Å². The summed E-state index contributed by atoms with van der Waals surface area (Å²) in [6.45, 7) is 3.98. The van der Waals surface area contributed by atoms with Crippen molar-refractivity contribution in [3.05, 3.63) is 23.7 Å². The minimum Gasteiger partial charge on any atom is -0.397 e. The van der Waals surface area contributed by atoms with Gasteiger partial charge < -0.3 is 5.73 Å². The third kappa shape index (κ3) is 0.777. The molecule has 62 valence electrons. The molecule has 0 unspecified atom stereocenters. The van der Waals surface area contributed by atoms with Gasteiger partial charge in [0.2, 0.25) is 0 Å². The molecule has 2 aromatic rings. The molecule has 0 saturated carbocycles. The second kappa shape index (κ2) is 2.20. The topological polar surface area (TPSA) is 56.2 Å². The zero-order chi connectivity index (χ0) is 8.72. The molecule has 0 aromatic carbocycles. The van der Waals surface area contributed by atoms with Crippen LogP contribution in [-0.4, -0.2) is 14.6 Å². The Kier molecular flexibility index (Phi) is 1.30. The number of aryl methyl sites for hydroxylation is 1. The maximum atomic E-state index is 5.76. The number of nitrogens with two attached hydrogens (primary N) is 1. The zero-order valence-electron chi connectivity index (χ0n) is 7.07. The van der Waals surface area contributed by atoms with E-state index in [0.717, 1.165) is 22.5 Å². The Hall–Kier alpha value is -1.58. The number of rotatable bonds is 0. The summed E-state index contributed by atoms with van der Waals surface area (Å²) in [7, 11) is 0. The van der Waals surface area contributed by atoms with Crippen LogP contribution < -0.4 is 5.73 Å². The summed E-state index contributed by atoms with van der Waals surface area (Å²) < 4.78 is 1.69. The second-order valence-electron chi connectivity index (χ2n) is 2.86. The molecule has 2 N–H and O–H groups in total. The van der Waals surface area contributed by atoms with Gasteiger partial charge in [-0.25, -0.2) is 9.50 Å². The van der Waals surface area contributed by atoms with Gasteiger partial charge in [-0.1, -0.05) is 0 Å². The van der Waals surface area contributed by atoms with E-state index in [1.54, 1.807) is 10.7 Å². The summed E-state index contributed by atoms with van der Waals surface area (Å²) in [5.41, 5.74) is 9.56. The quantitative estimate of drug-likeness (QED) is 0.627. The van der Waals surface area contributed by atoms with Crippen molar-refractivity contribution < 1.29 is 0 Å². The van der Waals surface area contributed by atoms with Crippen LogP contribution in [0.25, 0.3) is 5.65 Å². The molecule has 12 heavy (non-hydrogen) atoms. The molecule has 0 fully saturated rings. The van der Waals surface area contributed by atoms with E-state index in [1.165, 1.54) is 6.33 Å². The van der Waals surface area contributed by atoms with Gasteiger partial charge in [-0.3, -0.25) is 0 Å². The molecule has 0 atom stereocenters. The molecular formula is C8H10N4. The van der Waals surface area contributed by atoms with Gasteiger partial charge in [0.25, 0.3) is 0 Å². The molecule has 0 aliphatic heterocycles. The molecule has 0 amide bonds. The van der Waals surface area contributed by atoms with E-state index >= 15 is 0 Å². The van der Waals surface area contributed by atoms with Crippen molar-refractivity contribution in [3.8, 4) is 0 Å². The molecule has 2 rings (SSSR count). The first-order chi connectivity index (χ1) is 5.70. The Bertz CT molecular complexity index is 430. The molecule has 4 heteroatoms. The van der Waals surface area contributed by atoms with Crippen LogP contribution in [0.15, 0.2) is 12.5 Å². The van der Waals surface area contributed by atoms with Crippen LogP contribution in [0.2, 0.25) is 0 Å². The largest absolute Gasteiger partial charge is 0.397 e. The van der Waals surface area contributed by atoms with Crippen molar-refractivity contribution in [3.63, 3.8) is 0 Å². The van der Waals surface area contributed by atoms with Crippen molar-refractivity contribution in [2.75, 3.05) is 5.73 Å². The molecule has 0 spiro atoms. The lowest BCUT2D eigenvalue weighted by atomic mass is 10.1. The van der Waals surface area contributed by atoms with E-state index in [-0.39, 0.29) is 0 Å². The number of nitrogen functional groups attached to an aromatic ring is 1. The Labute approximate surface area is 70.0 Å². The van der Waals surface area contributed by atoms with Crippen molar-refractivity contribution in [1.29, 1.82) is 0 Å². The molecule has 0 radical (unpaired) electrons. The van der Waals surface area contributed by atoms with E-state index in [9.17, 15) is 0 Å². The number of nitrogens with zero attached hydrogens (tertiary/aromatic N) is 3. The predicted octanol–water partition coefficient (Wildman–Crippen LogP) is 0.928. The minimum absolute atomic E-state index is 0.755. The minimum atomic E-state index is 0.755.